The lowest BCUT2D eigenvalue weighted by atomic mass is 9.85. The number of rotatable bonds is 27. The maximum atomic E-state index is 17.2. The van der Waals surface area contributed by atoms with Crippen LogP contribution in [0.3, 0.4) is 0 Å². The number of aromatic nitrogens is 4. The highest BCUT2D eigenvalue weighted by atomic mass is 32.1. The number of phenolic OH excluding ortho intramolecular Hbond substituents is 1. The third-order valence-electron chi connectivity index (χ3n) is 22.1. The number of hydrogen-bond acceptors (Lipinski definition) is 17. The zero-order chi connectivity index (χ0) is 71.6. The molecule has 8 heterocycles. The van der Waals surface area contributed by atoms with E-state index in [0.29, 0.717) is 74.5 Å². The lowest BCUT2D eigenvalue weighted by molar-refractivity contribution is -0.145. The molecule has 3 aromatic heterocycles. The molecule has 5 saturated heterocycles. The molecule has 21 nitrogen and oxygen atoms in total. The van der Waals surface area contributed by atoms with Crippen LogP contribution < -0.4 is 25.6 Å². The number of benzene rings is 3. The van der Waals surface area contributed by atoms with Gasteiger partial charge in [0.25, 0.3) is 5.91 Å². The Morgan fingerprint density at radius 1 is 0.814 bits per heavy atom. The van der Waals surface area contributed by atoms with Crippen molar-refractivity contribution < 1.29 is 52.1 Å². The van der Waals surface area contributed by atoms with Gasteiger partial charge < -0.3 is 60.3 Å². The summed E-state index contributed by atoms with van der Waals surface area (Å²) >= 11 is 1.51. The fraction of sp³-hybridized carbons (Fsp3) is 0.571. The molecule has 6 aromatic rings. The highest BCUT2D eigenvalue weighted by molar-refractivity contribution is 7.13. The normalized spacial score (nSPS) is 21.6. The van der Waals surface area contributed by atoms with Gasteiger partial charge in [0.1, 0.15) is 40.7 Å². The molecule has 2 bridgehead atoms. The maximum absolute atomic E-state index is 17.2. The molecular weight excluding hydrogens is 1320 g/mol. The van der Waals surface area contributed by atoms with Crippen molar-refractivity contribution in [2.45, 2.75) is 179 Å². The van der Waals surface area contributed by atoms with Crippen molar-refractivity contribution in [1.29, 1.82) is 0 Å². The minimum absolute atomic E-state index is 0.0330. The number of nitrogens with zero attached hydrogens (tertiary/aromatic N) is 10. The minimum Gasteiger partial charge on any atom is -0.508 e. The number of piperazine rings is 3. The second-order valence-electron chi connectivity index (χ2n) is 30.7. The zero-order valence-electron chi connectivity index (χ0n) is 59.1. The highest BCUT2D eigenvalue weighted by Crippen LogP contribution is 2.47. The van der Waals surface area contributed by atoms with Crippen LogP contribution in [0.1, 0.15) is 153 Å². The number of amides is 5. The Morgan fingerprint density at radius 3 is 2.13 bits per heavy atom. The number of carbonyl (C=O) groups is 5. The number of fused-ring (bicyclic) bond motifs is 4. The van der Waals surface area contributed by atoms with Crippen LogP contribution in [-0.2, 0) is 24.0 Å². The number of pyridine rings is 1. The summed E-state index contributed by atoms with van der Waals surface area (Å²) in [6.07, 6.45) is 19.6. The Balaban J connectivity index is 0.522. The number of alkyl halides is 1. The number of halogens is 3. The van der Waals surface area contributed by atoms with Crippen molar-refractivity contribution in [3.05, 3.63) is 88.7 Å². The molecule has 102 heavy (non-hydrogen) atoms. The number of phenols is 1. The van der Waals surface area contributed by atoms with Crippen molar-refractivity contribution in [1.82, 2.24) is 60.4 Å². The van der Waals surface area contributed by atoms with Crippen molar-refractivity contribution >= 4 is 68.4 Å². The summed E-state index contributed by atoms with van der Waals surface area (Å²) in [6, 6.07) is 10.7. The van der Waals surface area contributed by atoms with Gasteiger partial charge in [-0.3, -0.25) is 29.0 Å². The van der Waals surface area contributed by atoms with E-state index in [1.54, 1.807) is 37.4 Å². The van der Waals surface area contributed by atoms with Crippen LogP contribution >= 0.6 is 11.3 Å². The first-order chi connectivity index (χ1) is 49.0. The van der Waals surface area contributed by atoms with Crippen molar-refractivity contribution in [2.75, 3.05) is 96.6 Å². The number of hydrogen-bond donors (Lipinski definition) is 5. The molecule has 5 amide bonds. The number of β-amino-alcohol motifs (C(OH)–C–C–N with tert-alkyl or cyclic N) is 1. The van der Waals surface area contributed by atoms with Gasteiger partial charge in [-0.2, -0.15) is 9.97 Å². The highest BCUT2D eigenvalue weighted by Gasteiger charge is 2.54. The average Bonchev–Trinajstić information content (AvgIpc) is 1.21. The fourth-order valence-corrected chi connectivity index (χ4v) is 16.5. The van der Waals surface area contributed by atoms with Gasteiger partial charge in [-0.1, -0.05) is 95.5 Å². The summed E-state index contributed by atoms with van der Waals surface area (Å²) in [5.41, 5.74) is 1.38. The van der Waals surface area contributed by atoms with Gasteiger partial charge in [0.2, 0.25) is 23.6 Å². The number of thiazole rings is 1. The number of unbranched alkanes of at least 4 members (excludes halogenated alkanes) is 7. The van der Waals surface area contributed by atoms with Crippen molar-refractivity contribution in [2.24, 2.45) is 10.8 Å². The standard InChI is InChI=1S/C77H96F3N13O8S/c1-6-56-59(78)23-20-51-37-54(94)38-57(64(51)56)66-65(79)67-58(41-81-66)70(92-42-52-21-22-53(43-92)83-52)87-74(85-67)101-46-76(24-25-76)45-89-31-29-88(30-32-89)28-14-12-10-8-7-9-11-13-15-62(96)90-33-35-91(36-34-90)63(97)40-60(49-16-18-50(19-17-49)68-48(2)82-47-102-68)84-71(98)61-39-55(95)44-93(61)72(99)69(75(3,4)5)86-73(100)77(80)26-27-77/h1,16-20,23,37-38,41,47,52-53,55,60-61,69,83,94-95H,7-15,21-22,24-36,39-40,42-46H2,2-5H3,(H,84,98)(H,86,100)/t52?,53?,55-,60+,61+,69-/m1/s1. The lowest BCUT2D eigenvalue weighted by Gasteiger charge is -2.36. The minimum atomic E-state index is -2.02. The van der Waals surface area contributed by atoms with E-state index in [2.05, 4.69) is 46.5 Å². The number of aromatic hydroxyl groups is 1. The number of ether oxygens (including phenoxy) is 1. The van der Waals surface area contributed by atoms with Crippen LogP contribution in [0.15, 0.2) is 60.2 Å². The van der Waals surface area contributed by atoms with Gasteiger partial charge in [0, 0.05) is 126 Å². The second kappa shape index (κ2) is 30.7. The monoisotopic (exact) mass is 1420 g/mol. The van der Waals surface area contributed by atoms with Crippen LogP contribution in [0.25, 0.3) is 43.4 Å². The summed E-state index contributed by atoms with van der Waals surface area (Å²) in [6.45, 7) is 16.3. The zero-order valence-corrected chi connectivity index (χ0v) is 59.9. The van der Waals surface area contributed by atoms with Crippen LogP contribution in [0.2, 0.25) is 0 Å². The largest absolute Gasteiger partial charge is 0.508 e. The van der Waals surface area contributed by atoms with Gasteiger partial charge >= 0.3 is 6.01 Å². The summed E-state index contributed by atoms with van der Waals surface area (Å²) in [7, 11) is 0. The smallest absolute Gasteiger partial charge is 0.319 e. The molecule has 7 aliphatic rings. The first-order valence-corrected chi connectivity index (χ1v) is 37.6. The molecule has 3 aromatic carbocycles. The Morgan fingerprint density at radius 2 is 1.48 bits per heavy atom. The van der Waals surface area contributed by atoms with Crippen molar-refractivity contribution in [3.8, 4) is 45.8 Å². The first kappa shape index (κ1) is 72.3. The van der Waals surface area contributed by atoms with Crippen LogP contribution in [-0.4, -0.2) is 212 Å². The molecule has 2 aliphatic carbocycles. The van der Waals surface area contributed by atoms with E-state index >= 15 is 8.78 Å². The summed E-state index contributed by atoms with van der Waals surface area (Å²) < 4.78 is 53.7. The van der Waals surface area contributed by atoms with E-state index in [-0.39, 0.29) is 101 Å². The van der Waals surface area contributed by atoms with Gasteiger partial charge in [-0.05, 0) is 105 Å². The number of aliphatic hydroxyl groups excluding tert-OH is 1. The van der Waals surface area contributed by atoms with Crippen LogP contribution in [0, 0.1) is 41.7 Å². The molecule has 5 N–H and O–H groups in total. The van der Waals surface area contributed by atoms with E-state index in [1.807, 2.05) is 36.1 Å². The number of aryl methyl sites for hydroxylation is 1. The lowest BCUT2D eigenvalue weighted by Crippen LogP contribution is -2.59. The predicted octanol–water partition coefficient (Wildman–Crippen LogP) is 9.38. The molecule has 2 saturated carbocycles. The molecule has 25 heteroatoms. The maximum Gasteiger partial charge on any atom is 0.319 e. The third-order valence-corrected chi connectivity index (χ3v) is 23.0. The molecular formula is C77H96F3N13O8S. The summed E-state index contributed by atoms with van der Waals surface area (Å²) in [4.78, 5) is 101. The molecule has 6 atom stereocenters. The van der Waals surface area contributed by atoms with E-state index in [0.717, 1.165) is 120 Å². The van der Waals surface area contributed by atoms with E-state index < -0.39 is 64.7 Å². The quantitative estimate of drug-likeness (QED) is 0.0238. The van der Waals surface area contributed by atoms with Gasteiger partial charge in [0.05, 0.1) is 52.2 Å². The van der Waals surface area contributed by atoms with Gasteiger partial charge in [-0.15, -0.1) is 17.8 Å². The van der Waals surface area contributed by atoms with Gasteiger partial charge in [0.15, 0.2) is 11.5 Å². The topological polar surface area (TPSA) is 242 Å². The Labute approximate surface area is 598 Å². The number of aliphatic hydroxyl groups is 1. The van der Waals surface area contributed by atoms with Crippen LogP contribution in [0.5, 0.6) is 11.8 Å². The Hall–Kier alpha value is -8.02. The van der Waals surface area contributed by atoms with E-state index in [9.17, 15) is 38.6 Å². The fourth-order valence-electron chi connectivity index (χ4n) is 15.6. The molecule has 13 rings (SSSR count). The SMILES string of the molecule is C#Cc1c(F)ccc2cc(O)cc(-c3ncc4c(N5CC6CCC(C5)N6)nc(OCC5(CN6CCN(CCCCCCCCCCC(=O)N7CCN(C(=O)C[C@H](NC(=O)[C@@H]8C[C@@H](O)CN8C(=O)[C@@H](NC(=O)C8(F)CC8)C(C)(C)C)c8ccc(-c9scnc9C)cc8)CC7)CC6)CC5)nc4c3F)c12. The molecule has 0 spiro atoms. The molecule has 0 radical (unpaired) electrons. The number of nitrogens with one attached hydrogen (secondary N) is 3. The summed E-state index contributed by atoms with van der Waals surface area (Å²) in [5, 5.41) is 32.1. The Kier molecular flexibility index (Phi) is 21.8. The first-order valence-electron chi connectivity index (χ1n) is 36.7. The van der Waals surface area contributed by atoms with E-state index in [1.165, 1.54) is 53.3 Å². The third kappa shape index (κ3) is 16.5. The molecule has 2 unspecified atom stereocenters. The molecule has 5 aliphatic heterocycles. The van der Waals surface area contributed by atoms with E-state index in [4.69, 9.17) is 21.1 Å². The predicted molar refractivity (Wildman–Crippen MR) is 385 cm³/mol. The average molecular weight is 1420 g/mol. The number of carbonyl (C=O) groups excluding carboxylic acids is 5. The Bertz CT molecular complexity index is 4110. The number of likely N-dealkylation sites (tertiary alicyclic amines) is 1. The summed E-state index contributed by atoms with van der Waals surface area (Å²) in [5.74, 6) is -0.664. The molecule has 544 valence electrons. The van der Waals surface area contributed by atoms with Gasteiger partial charge in [-0.25, -0.2) is 18.2 Å². The van der Waals surface area contributed by atoms with Crippen molar-refractivity contribution in [3.63, 3.8) is 0 Å². The molecule has 7 fully saturated rings. The van der Waals surface area contributed by atoms with Crippen LogP contribution in [0.4, 0.5) is 19.0 Å². The second-order valence-corrected chi connectivity index (χ2v) is 31.6. The number of terminal acetylenes is 1. The number of anilines is 1.